The first kappa shape index (κ1) is 23.3. The second-order valence-electron chi connectivity index (χ2n) is 8.26. The third-order valence-corrected chi connectivity index (χ3v) is 6.40. The molecule has 1 fully saturated rings. The molecule has 0 saturated carbocycles. The fourth-order valence-corrected chi connectivity index (χ4v) is 4.48. The number of ketones is 1. The Kier molecular flexibility index (Phi) is 6.30. The molecule has 2 aromatic carbocycles. The molecule has 2 aromatic rings. The number of amides is 3. The summed E-state index contributed by atoms with van der Waals surface area (Å²) in [7, 11) is 0. The first-order valence-electron chi connectivity index (χ1n) is 10.6. The molecule has 1 aliphatic heterocycles. The predicted molar refractivity (Wildman–Crippen MR) is 122 cm³/mol. The number of non-ortho nitro benzene ring substituents is 1. The van der Waals surface area contributed by atoms with Gasteiger partial charge in [-0.3, -0.25) is 29.3 Å². The topological polar surface area (TPSA) is 118 Å². The van der Waals surface area contributed by atoms with Gasteiger partial charge in [0.1, 0.15) is 6.54 Å². The number of benzene rings is 2. The second kappa shape index (κ2) is 9.18. The van der Waals surface area contributed by atoms with Gasteiger partial charge in [0.05, 0.1) is 27.3 Å². The lowest BCUT2D eigenvalue weighted by atomic mass is 9.82. The van der Waals surface area contributed by atoms with Crippen LogP contribution in [-0.4, -0.2) is 45.0 Å². The number of hydrogen-bond acceptors (Lipinski definition) is 6. The maximum atomic E-state index is 13.5. The van der Waals surface area contributed by atoms with E-state index >= 15 is 0 Å². The molecule has 0 bridgehead atoms. The van der Waals surface area contributed by atoms with E-state index in [2.05, 4.69) is 0 Å². The summed E-state index contributed by atoms with van der Waals surface area (Å²) in [6.45, 7) is 1.26. The predicted octanol–water partition coefficient (Wildman–Crippen LogP) is 3.83. The van der Waals surface area contributed by atoms with Crippen molar-refractivity contribution in [1.29, 1.82) is 0 Å². The zero-order valence-electron chi connectivity index (χ0n) is 18.1. The van der Waals surface area contributed by atoms with Crippen molar-refractivity contribution in [3.63, 3.8) is 0 Å². The monoisotopic (exact) mass is 481 g/mol. The Morgan fingerprint density at radius 3 is 2.38 bits per heavy atom. The van der Waals surface area contributed by atoms with Crippen molar-refractivity contribution in [2.45, 2.75) is 19.8 Å². The molecule has 2 aliphatic rings. The van der Waals surface area contributed by atoms with E-state index in [9.17, 15) is 29.3 Å². The lowest BCUT2D eigenvalue weighted by molar-refractivity contribution is -0.384. The highest BCUT2D eigenvalue weighted by Gasteiger charge is 2.51. The number of carbonyl (C=O) groups is 4. The van der Waals surface area contributed by atoms with Gasteiger partial charge in [-0.1, -0.05) is 35.4 Å². The van der Waals surface area contributed by atoms with Crippen molar-refractivity contribution in [1.82, 2.24) is 10.0 Å². The lowest BCUT2D eigenvalue weighted by Gasteiger charge is -2.30. The van der Waals surface area contributed by atoms with E-state index in [-0.39, 0.29) is 21.8 Å². The van der Waals surface area contributed by atoms with Crippen molar-refractivity contribution < 1.29 is 24.1 Å². The van der Waals surface area contributed by atoms with Gasteiger partial charge in [-0.15, -0.1) is 0 Å². The summed E-state index contributed by atoms with van der Waals surface area (Å²) in [5, 5.41) is 12.6. The number of nitrogens with zero attached hydrogens (tertiary/aromatic N) is 3. The number of nitro benzene ring substituents is 1. The number of Topliss-reactive ketones (excluding diaryl/α,β-unsaturated/α-hetero) is 1. The average molecular weight is 482 g/mol. The van der Waals surface area contributed by atoms with Gasteiger partial charge in [0, 0.05) is 17.7 Å². The maximum Gasteiger partial charge on any atom is 0.274 e. The molecule has 1 aliphatic carbocycles. The number of rotatable bonds is 6. The van der Waals surface area contributed by atoms with Crippen LogP contribution in [0.5, 0.6) is 0 Å². The van der Waals surface area contributed by atoms with Crippen LogP contribution >= 0.6 is 11.6 Å². The van der Waals surface area contributed by atoms with Gasteiger partial charge >= 0.3 is 0 Å². The largest absolute Gasteiger partial charge is 0.292 e. The van der Waals surface area contributed by atoms with Gasteiger partial charge in [0.15, 0.2) is 5.78 Å². The highest BCUT2D eigenvalue weighted by Crippen LogP contribution is 2.38. The Balaban J connectivity index is 1.69. The van der Waals surface area contributed by atoms with Gasteiger partial charge in [-0.05, 0) is 44.0 Å². The van der Waals surface area contributed by atoms with Crippen molar-refractivity contribution >= 4 is 40.8 Å². The van der Waals surface area contributed by atoms with E-state index in [4.69, 9.17) is 11.6 Å². The summed E-state index contributed by atoms with van der Waals surface area (Å²) in [5.41, 5.74) is 0.912. The number of carbonyl (C=O) groups excluding carboxylic acids is 4. The second-order valence-corrected chi connectivity index (χ2v) is 8.67. The third kappa shape index (κ3) is 4.22. The number of halogens is 1. The molecule has 1 heterocycles. The molecule has 9 nitrogen and oxygen atoms in total. The molecule has 0 spiro atoms. The van der Waals surface area contributed by atoms with Crippen molar-refractivity contribution in [3.05, 3.63) is 86.4 Å². The van der Waals surface area contributed by atoms with Crippen LogP contribution in [0.1, 0.15) is 40.5 Å². The number of allylic oxidation sites excluding steroid dienone is 2. The van der Waals surface area contributed by atoms with E-state index in [0.29, 0.717) is 12.8 Å². The number of imide groups is 1. The quantitative estimate of drug-likeness (QED) is 0.203. The molecule has 0 radical (unpaired) electrons. The summed E-state index contributed by atoms with van der Waals surface area (Å²) in [6, 6.07) is 11.0. The SMILES string of the molecule is CC1=CC[C@H]2C(=O)N(N(CC(=O)c3ccc([N+](=O)[O-])cc3)C(=O)c3ccccc3Cl)C(=O)[C@H]2C1. The molecule has 0 N–H and O–H groups in total. The summed E-state index contributed by atoms with van der Waals surface area (Å²) >= 11 is 6.19. The number of hydrogen-bond donors (Lipinski definition) is 0. The van der Waals surface area contributed by atoms with E-state index in [1.54, 1.807) is 12.1 Å². The standard InChI is InChI=1S/C24H20ClN3O6/c1-14-6-11-17-19(12-14)24(32)27(23(17)31)26(22(30)18-4-2-3-5-20(18)25)13-21(29)15-7-9-16(10-8-15)28(33)34/h2-10,17,19H,11-13H2,1H3/t17-,19+/m1/s1. The van der Waals surface area contributed by atoms with E-state index < -0.39 is 46.8 Å². The summed E-state index contributed by atoms with van der Waals surface area (Å²) < 4.78 is 0. The fraction of sp³-hybridized carbons (Fsp3) is 0.250. The highest BCUT2D eigenvalue weighted by atomic mass is 35.5. The lowest BCUT2D eigenvalue weighted by Crippen LogP contribution is -2.52. The Hall–Kier alpha value is -3.85. The van der Waals surface area contributed by atoms with Crippen LogP contribution in [0.4, 0.5) is 5.69 Å². The van der Waals surface area contributed by atoms with E-state index in [0.717, 1.165) is 15.6 Å². The minimum absolute atomic E-state index is 0.0328. The van der Waals surface area contributed by atoms with Crippen molar-refractivity contribution in [2.24, 2.45) is 11.8 Å². The van der Waals surface area contributed by atoms with Crippen molar-refractivity contribution in [2.75, 3.05) is 6.54 Å². The zero-order chi connectivity index (χ0) is 24.6. The first-order valence-corrected chi connectivity index (χ1v) is 10.9. The van der Waals surface area contributed by atoms with Crippen LogP contribution in [0.15, 0.2) is 60.2 Å². The van der Waals surface area contributed by atoms with Crippen LogP contribution in [0.2, 0.25) is 5.02 Å². The molecule has 4 rings (SSSR count). The summed E-state index contributed by atoms with van der Waals surface area (Å²) in [4.78, 5) is 63.3. The molecular formula is C24H20ClN3O6. The van der Waals surface area contributed by atoms with Crippen LogP contribution in [0, 0.1) is 22.0 Å². The molecule has 10 heteroatoms. The van der Waals surface area contributed by atoms with Gasteiger partial charge < -0.3 is 0 Å². The molecule has 0 aromatic heterocycles. The highest BCUT2D eigenvalue weighted by molar-refractivity contribution is 6.34. The van der Waals surface area contributed by atoms with E-state index in [1.165, 1.54) is 36.4 Å². The molecular weight excluding hydrogens is 462 g/mol. The smallest absolute Gasteiger partial charge is 0.274 e. The van der Waals surface area contributed by atoms with Gasteiger partial charge in [0.2, 0.25) is 0 Å². The normalized spacial score (nSPS) is 19.5. The number of hydrazine groups is 1. The molecule has 3 amide bonds. The van der Waals surface area contributed by atoms with Gasteiger partial charge in [-0.25, -0.2) is 5.01 Å². The molecule has 0 unspecified atom stereocenters. The third-order valence-electron chi connectivity index (χ3n) is 6.07. The number of fused-ring (bicyclic) bond motifs is 1. The Bertz CT molecular complexity index is 1240. The first-order chi connectivity index (χ1) is 16.2. The fourth-order valence-electron chi connectivity index (χ4n) is 4.26. The Morgan fingerprint density at radius 2 is 1.74 bits per heavy atom. The van der Waals surface area contributed by atoms with Crippen LogP contribution < -0.4 is 0 Å². The number of nitro groups is 1. The minimum atomic E-state index is -0.772. The molecule has 2 atom stereocenters. The molecule has 1 saturated heterocycles. The minimum Gasteiger partial charge on any atom is -0.292 e. The zero-order valence-corrected chi connectivity index (χ0v) is 18.9. The van der Waals surface area contributed by atoms with Gasteiger partial charge in [0.25, 0.3) is 23.4 Å². The van der Waals surface area contributed by atoms with E-state index in [1.807, 2.05) is 13.0 Å². The van der Waals surface area contributed by atoms with Crippen LogP contribution in [-0.2, 0) is 9.59 Å². The molecule has 34 heavy (non-hydrogen) atoms. The Morgan fingerprint density at radius 1 is 1.09 bits per heavy atom. The maximum absolute atomic E-state index is 13.5. The summed E-state index contributed by atoms with van der Waals surface area (Å²) in [5.74, 6) is -3.67. The average Bonchev–Trinajstić information content (AvgIpc) is 3.06. The van der Waals surface area contributed by atoms with Crippen LogP contribution in [0.3, 0.4) is 0 Å². The molecule has 174 valence electrons. The van der Waals surface area contributed by atoms with Crippen LogP contribution in [0.25, 0.3) is 0 Å². The van der Waals surface area contributed by atoms with Crippen molar-refractivity contribution in [3.8, 4) is 0 Å². The Labute approximate surface area is 199 Å². The summed E-state index contributed by atoms with van der Waals surface area (Å²) in [6.07, 6.45) is 2.68. The van der Waals surface area contributed by atoms with Gasteiger partial charge in [-0.2, -0.15) is 5.01 Å².